The molecule has 0 fully saturated rings. The molecular weight excluding hydrogens is 300 g/mol. The van der Waals surface area contributed by atoms with Crippen molar-refractivity contribution < 1.29 is 29.2 Å². The Morgan fingerprint density at radius 2 is 1.83 bits per heavy atom. The Morgan fingerprint density at radius 3 is 2.48 bits per heavy atom. The third kappa shape index (κ3) is 2.63. The van der Waals surface area contributed by atoms with E-state index in [2.05, 4.69) is 0 Å². The maximum Gasteiger partial charge on any atom is 0.173 e. The van der Waals surface area contributed by atoms with E-state index >= 15 is 0 Å². The lowest BCUT2D eigenvalue weighted by molar-refractivity contribution is 0.0841. The number of rotatable bonds is 3. The Labute approximate surface area is 132 Å². The van der Waals surface area contributed by atoms with Crippen LogP contribution in [0.15, 0.2) is 30.3 Å². The third-order valence-electron chi connectivity index (χ3n) is 3.77. The van der Waals surface area contributed by atoms with Crippen LogP contribution in [0.3, 0.4) is 0 Å². The van der Waals surface area contributed by atoms with E-state index in [1.165, 1.54) is 32.4 Å². The van der Waals surface area contributed by atoms with Gasteiger partial charge in [0, 0.05) is 6.07 Å². The number of aromatic hydroxyl groups is 2. The molecule has 0 radical (unpaired) electrons. The molecule has 0 amide bonds. The number of ether oxygens (including phenoxy) is 3. The first-order chi connectivity index (χ1) is 11.0. The number of fused-ring (bicyclic) bond motifs is 1. The number of hydrogen-bond donors (Lipinski definition) is 2. The molecule has 1 aliphatic rings. The molecule has 3 rings (SSSR count). The first-order valence-electron chi connectivity index (χ1n) is 7.01. The summed E-state index contributed by atoms with van der Waals surface area (Å²) < 4.78 is 16.1. The summed E-state index contributed by atoms with van der Waals surface area (Å²) in [5.41, 5.74) is 0.938. The van der Waals surface area contributed by atoms with Crippen LogP contribution >= 0.6 is 0 Å². The minimum Gasteiger partial charge on any atom is -0.508 e. The lowest BCUT2D eigenvalue weighted by Gasteiger charge is -2.27. The molecule has 2 N–H and O–H groups in total. The summed E-state index contributed by atoms with van der Waals surface area (Å²) in [7, 11) is 2.90. The molecule has 0 saturated heterocycles. The second kappa shape index (κ2) is 5.72. The Balaban J connectivity index is 2.00. The van der Waals surface area contributed by atoms with Crippen LogP contribution in [0.2, 0.25) is 0 Å². The highest BCUT2D eigenvalue weighted by molar-refractivity contribution is 6.01. The predicted octanol–water partition coefficient (Wildman–Crippen LogP) is 2.82. The number of phenolic OH excluding ortho intramolecular Hbond substituents is 2. The number of carbonyl (C=O) groups excluding carboxylic acids is 1. The van der Waals surface area contributed by atoms with Crippen molar-refractivity contribution in [2.24, 2.45) is 0 Å². The van der Waals surface area contributed by atoms with Gasteiger partial charge in [0.2, 0.25) is 0 Å². The second-order valence-electron chi connectivity index (χ2n) is 5.19. The van der Waals surface area contributed by atoms with Crippen molar-refractivity contribution in [1.29, 1.82) is 0 Å². The predicted molar refractivity (Wildman–Crippen MR) is 81.6 cm³/mol. The molecule has 2 aromatic rings. The van der Waals surface area contributed by atoms with Crippen molar-refractivity contribution in [2.75, 3.05) is 14.2 Å². The van der Waals surface area contributed by atoms with Crippen LogP contribution in [0.4, 0.5) is 0 Å². The van der Waals surface area contributed by atoms with E-state index in [4.69, 9.17) is 14.2 Å². The SMILES string of the molecule is COc1ccc([C@H]2CC(=O)c3cc(O)cc(OC)c3O2)cc1O. The number of carbonyl (C=O) groups is 1. The van der Waals surface area contributed by atoms with Gasteiger partial charge in [-0.15, -0.1) is 0 Å². The Morgan fingerprint density at radius 1 is 1.09 bits per heavy atom. The van der Waals surface area contributed by atoms with Gasteiger partial charge in [0.1, 0.15) is 11.9 Å². The minimum absolute atomic E-state index is 0.0236. The van der Waals surface area contributed by atoms with Gasteiger partial charge in [-0.1, -0.05) is 6.07 Å². The van der Waals surface area contributed by atoms with Gasteiger partial charge in [-0.25, -0.2) is 0 Å². The molecule has 6 nitrogen and oxygen atoms in total. The zero-order chi connectivity index (χ0) is 16.6. The maximum atomic E-state index is 12.4. The number of benzene rings is 2. The maximum absolute atomic E-state index is 12.4. The van der Waals surface area contributed by atoms with E-state index < -0.39 is 6.10 Å². The lowest BCUT2D eigenvalue weighted by atomic mass is 9.95. The molecular formula is C17H16O6. The van der Waals surface area contributed by atoms with E-state index in [1.807, 2.05) is 0 Å². The van der Waals surface area contributed by atoms with Crippen LogP contribution in [-0.2, 0) is 0 Å². The van der Waals surface area contributed by atoms with Gasteiger partial charge in [-0.3, -0.25) is 4.79 Å². The Bertz CT molecular complexity index is 768. The van der Waals surface area contributed by atoms with Crippen LogP contribution in [0, 0.1) is 0 Å². The van der Waals surface area contributed by atoms with E-state index in [0.717, 1.165) is 0 Å². The molecule has 120 valence electrons. The van der Waals surface area contributed by atoms with Gasteiger partial charge in [0.05, 0.1) is 26.2 Å². The van der Waals surface area contributed by atoms with Crippen molar-refractivity contribution >= 4 is 5.78 Å². The van der Waals surface area contributed by atoms with Gasteiger partial charge in [-0.05, 0) is 23.8 Å². The molecule has 23 heavy (non-hydrogen) atoms. The van der Waals surface area contributed by atoms with Crippen molar-refractivity contribution in [3.63, 3.8) is 0 Å². The fourth-order valence-corrected chi connectivity index (χ4v) is 2.62. The topological polar surface area (TPSA) is 85.2 Å². The van der Waals surface area contributed by atoms with Crippen molar-refractivity contribution in [2.45, 2.75) is 12.5 Å². The fraction of sp³-hybridized carbons (Fsp3) is 0.235. The van der Waals surface area contributed by atoms with E-state index in [0.29, 0.717) is 17.1 Å². The molecule has 6 heteroatoms. The van der Waals surface area contributed by atoms with Gasteiger partial charge >= 0.3 is 0 Å². The average molecular weight is 316 g/mol. The first-order valence-corrected chi connectivity index (χ1v) is 7.01. The molecule has 0 bridgehead atoms. The smallest absolute Gasteiger partial charge is 0.173 e. The molecule has 1 heterocycles. The molecule has 2 aromatic carbocycles. The highest BCUT2D eigenvalue weighted by atomic mass is 16.5. The number of Topliss-reactive ketones (excluding diaryl/α,β-unsaturated/α-hetero) is 1. The highest BCUT2D eigenvalue weighted by Gasteiger charge is 2.31. The third-order valence-corrected chi connectivity index (χ3v) is 3.77. The zero-order valence-electron chi connectivity index (χ0n) is 12.7. The molecule has 0 saturated carbocycles. The Hall–Kier alpha value is -2.89. The summed E-state index contributed by atoms with van der Waals surface area (Å²) in [6.07, 6.45) is -0.448. The normalized spacial score (nSPS) is 16.4. The van der Waals surface area contributed by atoms with Gasteiger partial charge in [0.15, 0.2) is 28.8 Å². The van der Waals surface area contributed by atoms with E-state index in [-0.39, 0.29) is 35.0 Å². The summed E-state index contributed by atoms with van der Waals surface area (Å²) in [6.45, 7) is 0. The summed E-state index contributed by atoms with van der Waals surface area (Å²) in [5.74, 6) is 0.680. The highest BCUT2D eigenvalue weighted by Crippen LogP contribution is 2.44. The minimum atomic E-state index is -0.551. The van der Waals surface area contributed by atoms with Gasteiger partial charge in [-0.2, -0.15) is 0 Å². The molecule has 1 aliphatic heterocycles. The quantitative estimate of drug-likeness (QED) is 0.905. The van der Waals surface area contributed by atoms with Crippen molar-refractivity contribution in [3.05, 3.63) is 41.5 Å². The molecule has 0 spiro atoms. The molecule has 0 aromatic heterocycles. The summed E-state index contributed by atoms with van der Waals surface area (Å²) >= 11 is 0. The van der Waals surface area contributed by atoms with E-state index in [9.17, 15) is 15.0 Å². The summed E-state index contributed by atoms with van der Waals surface area (Å²) in [4.78, 5) is 12.4. The standard InChI is InChI=1S/C17H16O6/c1-21-14-4-3-9(5-13(14)20)15-8-12(19)11-6-10(18)7-16(22-2)17(11)23-15/h3-7,15,18,20H,8H2,1-2H3/t15-/m1/s1. The van der Waals surface area contributed by atoms with Crippen molar-refractivity contribution in [1.82, 2.24) is 0 Å². The van der Waals surface area contributed by atoms with Crippen LogP contribution < -0.4 is 14.2 Å². The lowest BCUT2D eigenvalue weighted by Crippen LogP contribution is -2.20. The summed E-state index contributed by atoms with van der Waals surface area (Å²) in [6, 6.07) is 7.60. The monoisotopic (exact) mass is 316 g/mol. The molecule has 0 aliphatic carbocycles. The fourth-order valence-electron chi connectivity index (χ4n) is 2.62. The average Bonchev–Trinajstić information content (AvgIpc) is 2.54. The van der Waals surface area contributed by atoms with E-state index in [1.54, 1.807) is 12.1 Å². The number of hydrogen-bond acceptors (Lipinski definition) is 6. The van der Waals surface area contributed by atoms with Crippen LogP contribution in [-0.4, -0.2) is 30.2 Å². The van der Waals surface area contributed by atoms with Crippen LogP contribution in [0.5, 0.6) is 28.7 Å². The number of ketones is 1. The van der Waals surface area contributed by atoms with Crippen LogP contribution in [0.1, 0.15) is 28.4 Å². The van der Waals surface area contributed by atoms with Crippen molar-refractivity contribution in [3.8, 4) is 28.7 Å². The largest absolute Gasteiger partial charge is 0.508 e. The summed E-state index contributed by atoms with van der Waals surface area (Å²) in [5, 5.41) is 19.6. The number of methoxy groups -OCH3 is 2. The zero-order valence-corrected chi connectivity index (χ0v) is 12.7. The van der Waals surface area contributed by atoms with Gasteiger partial charge < -0.3 is 24.4 Å². The Kier molecular flexibility index (Phi) is 3.73. The molecule has 1 atom stereocenters. The molecule has 0 unspecified atom stereocenters. The number of phenols is 2. The van der Waals surface area contributed by atoms with Crippen LogP contribution in [0.25, 0.3) is 0 Å². The van der Waals surface area contributed by atoms with Gasteiger partial charge in [0.25, 0.3) is 0 Å². The second-order valence-corrected chi connectivity index (χ2v) is 5.19. The first kappa shape index (κ1) is 15.0.